The molecule has 6 heteroatoms. The summed E-state index contributed by atoms with van der Waals surface area (Å²) in [4.78, 5) is 29.2. The van der Waals surface area contributed by atoms with Crippen LogP contribution in [0.5, 0.6) is 0 Å². The van der Waals surface area contributed by atoms with Crippen LogP contribution in [-0.4, -0.2) is 44.7 Å². The van der Waals surface area contributed by atoms with Crippen molar-refractivity contribution in [2.75, 3.05) is 42.5 Å². The van der Waals surface area contributed by atoms with Gasteiger partial charge >= 0.3 is 6.03 Å². The average molecular weight is 373 g/mol. The number of nitrogens with one attached hydrogen (secondary N) is 2. The Hall–Kier alpha value is -2.08. The van der Waals surface area contributed by atoms with Gasteiger partial charge in [0.2, 0.25) is 5.91 Å². The minimum absolute atomic E-state index is 0.0601. The van der Waals surface area contributed by atoms with Crippen molar-refractivity contribution in [1.82, 2.24) is 10.6 Å². The third-order valence-electron chi connectivity index (χ3n) is 5.24. The van der Waals surface area contributed by atoms with E-state index in [0.29, 0.717) is 32.0 Å². The summed E-state index contributed by atoms with van der Waals surface area (Å²) in [6, 6.07) is 7.64. The number of amides is 3. The van der Waals surface area contributed by atoms with Crippen LogP contribution < -0.4 is 20.4 Å². The van der Waals surface area contributed by atoms with E-state index in [-0.39, 0.29) is 17.4 Å². The second-order valence-corrected chi connectivity index (χ2v) is 8.80. The molecule has 27 heavy (non-hydrogen) atoms. The lowest BCUT2D eigenvalue weighted by Crippen LogP contribution is -2.51. The molecular formula is C21H32N4O2. The Balaban J connectivity index is 1.69. The molecular weight excluding hydrogens is 340 g/mol. The van der Waals surface area contributed by atoms with E-state index in [4.69, 9.17) is 0 Å². The zero-order valence-corrected chi connectivity index (χ0v) is 16.8. The number of fused-ring (bicyclic) bond motifs is 1. The molecule has 6 nitrogen and oxygen atoms in total. The summed E-state index contributed by atoms with van der Waals surface area (Å²) in [7, 11) is 0. The van der Waals surface area contributed by atoms with Crippen molar-refractivity contribution in [2.45, 2.75) is 40.0 Å². The molecule has 2 heterocycles. The molecule has 0 radical (unpaired) electrons. The van der Waals surface area contributed by atoms with Gasteiger partial charge in [0.15, 0.2) is 0 Å². The highest BCUT2D eigenvalue weighted by Crippen LogP contribution is 2.34. The van der Waals surface area contributed by atoms with Gasteiger partial charge in [-0.15, -0.1) is 0 Å². The molecule has 0 aromatic heterocycles. The number of nitrogens with zero attached hydrogens (tertiary/aromatic N) is 2. The lowest BCUT2D eigenvalue weighted by Gasteiger charge is -2.37. The number of benzene rings is 1. The highest BCUT2D eigenvalue weighted by atomic mass is 16.2. The number of para-hydroxylation sites is 2. The second-order valence-electron chi connectivity index (χ2n) is 8.80. The maximum atomic E-state index is 12.8. The number of hydrogen-bond donors (Lipinski definition) is 2. The van der Waals surface area contributed by atoms with Gasteiger partial charge in [-0.05, 0) is 49.4 Å². The predicted molar refractivity (Wildman–Crippen MR) is 109 cm³/mol. The summed E-state index contributed by atoms with van der Waals surface area (Å²) in [5, 5.41) is 6.45. The molecule has 0 atom stereocenters. The van der Waals surface area contributed by atoms with Gasteiger partial charge < -0.3 is 15.5 Å². The van der Waals surface area contributed by atoms with E-state index in [1.165, 1.54) is 0 Å². The van der Waals surface area contributed by atoms with Gasteiger partial charge in [-0.1, -0.05) is 32.9 Å². The van der Waals surface area contributed by atoms with Crippen LogP contribution in [0.4, 0.5) is 16.2 Å². The Labute approximate surface area is 162 Å². The van der Waals surface area contributed by atoms with E-state index in [2.05, 4.69) is 31.4 Å². The van der Waals surface area contributed by atoms with Gasteiger partial charge in [-0.25, -0.2) is 4.79 Å². The Morgan fingerprint density at radius 2 is 1.67 bits per heavy atom. The van der Waals surface area contributed by atoms with Crippen molar-refractivity contribution >= 4 is 23.3 Å². The normalized spacial score (nSPS) is 18.2. The van der Waals surface area contributed by atoms with E-state index in [9.17, 15) is 9.59 Å². The number of anilines is 2. The van der Waals surface area contributed by atoms with Crippen LogP contribution in [0.2, 0.25) is 0 Å². The van der Waals surface area contributed by atoms with Crippen molar-refractivity contribution in [3.63, 3.8) is 0 Å². The van der Waals surface area contributed by atoms with Crippen LogP contribution >= 0.6 is 0 Å². The molecule has 2 aliphatic heterocycles. The number of hydrogen-bond acceptors (Lipinski definition) is 3. The van der Waals surface area contributed by atoms with E-state index in [0.717, 1.165) is 37.3 Å². The first-order valence-electron chi connectivity index (χ1n) is 10.0. The van der Waals surface area contributed by atoms with Crippen molar-refractivity contribution < 1.29 is 9.59 Å². The number of carbonyl (C=O) groups excluding carboxylic acids is 2. The smallest absolute Gasteiger partial charge is 0.322 e. The number of carbonyl (C=O) groups is 2. The third-order valence-corrected chi connectivity index (χ3v) is 5.24. The van der Waals surface area contributed by atoms with E-state index >= 15 is 0 Å². The topological polar surface area (TPSA) is 64.7 Å². The molecule has 3 rings (SSSR count). The van der Waals surface area contributed by atoms with Crippen LogP contribution in [0, 0.1) is 11.3 Å². The summed E-state index contributed by atoms with van der Waals surface area (Å²) >= 11 is 0. The van der Waals surface area contributed by atoms with Gasteiger partial charge in [0.05, 0.1) is 11.4 Å². The average Bonchev–Trinajstić information content (AvgIpc) is 2.64. The van der Waals surface area contributed by atoms with Crippen LogP contribution in [0.1, 0.15) is 40.0 Å². The quantitative estimate of drug-likeness (QED) is 0.857. The monoisotopic (exact) mass is 372 g/mol. The number of rotatable bonds is 3. The fourth-order valence-corrected chi connectivity index (χ4v) is 3.79. The zero-order valence-electron chi connectivity index (χ0n) is 16.8. The highest BCUT2D eigenvalue weighted by Gasteiger charge is 2.31. The van der Waals surface area contributed by atoms with Gasteiger partial charge in [-0.2, -0.15) is 0 Å². The molecule has 2 aliphatic rings. The first-order chi connectivity index (χ1) is 12.8. The zero-order chi connectivity index (χ0) is 19.4. The van der Waals surface area contributed by atoms with Crippen LogP contribution in [-0.2, 0) is 4.79 Å². The predicted octanol–water partition coefficient (Wildman–Crippen LogP) is 2.99. The SMILES string of the molecule is CC(C)(C)CC(=O)N1CCN(C(=O)NCC2CCNCC2)c2ccccc21. The molecule has 0 spiro atoms. The summed E-state index contributed by atoms with van der Waals surface area (Å²) in [5.41, 5.74) is 1.58. The van der Waals surface area contributed by atoms with Crippen molar-refractivity contribution in [2.24, 2.45) is 11.3 Å². The van der Waals surface area contributed by atoms with Crippen molar-refractivity contribution in [3.8, 4) is 0 Å². The lowest BCUT2D eigenvalue weighted by atomic mass is 9.91. The molecule has 0 unspecified atom stereocenters. The summed E-state index contributed by atoms with van der Waals surface area (Å²) in [5.74, 6) is 0.657. The largest absolute Gasteiger partial charge is 0.337 e. The Morgan fingerprint density at radius 1 is 1.07 bits per heavy atom. The molecule has 1 aromatic carbocycles. The lowest BCUT2D eigenvalue weighted by molar-refractivity contribution is -0.120. The molecule has 2 N–H and O–H groups in total. The number of urea groups is 1. The molecule has 0 aliphatic carbocycles. The molecule has 0 saturated carbocycles. The first-order valence-corrected chi connectivity index (χ1v) is 10.0. The van der Waals surface area contributed by atoms with Crippen LogP contribution in [0.3, 0.4) is 0 Å². The Kier molecular flexibility index (Phi) is 6.05. The highest BCUT2D eigenvalue weighted by molar-refractivity contribution is 6.03. The Bertz CT molecular complexity index is 677. The first kappa shape index (κ1) is 19.7. The summed E-state index contributed by atoms with van der Waals surface area (Å²) < 4.78 is 0. The summed E-state index contributed by atoms with van der Waals surface area (Å²) in [6.45, 7) is 10.0. The fourth-order valence-electron chi connectivity index (χ4n) is 3.79. The molecule has 1 aromatic rings. The van der Waals surface area contributed by atoms with E-state index < -0.39 is 0 Å². The standard InChI is InChI=1S/C21H32N4O2/c1-21(2,3)14-19(26)24-12-13-25(18-7-5-4-6-17(18)24)20(27)23-15-16-8-10-22-11-9-16/h4-7,16,22H,8-15H2,1-3H3,(H,23,27). The van der Waals surface area contributed by atoms with Gasteiger partial charge in [-0.3, -0.25) is 9.69 Å². The summed E-state index contributed by atoms with van der Waals surface area (Å²) in [6.07, 6.45) is 2.70. The molecule has 1 saturated heterocycles. The third kappa shape index (κ3) is 5.01. The van der Waals surface area contributed by atoms with E-state index in [1.54, 1.807) is 4.90 Å². The minimum Gasteiger partial charge on any atom is -0.337 e. The van der Waals surface area contributed by atoms with Gasteiger partial charge in [0, 0.05) is 26.1 Å². The van der Waals surface area contributed by atoms with E-state index in [1.807, 2.05) is 29.2 Å². The fraction of sp³-hybridized carbons (Fsp3) is 0.619. The Morgan fingerprint density at radius 3 is 2.30 bits per heavy atom. The molecule has 1 fully saturated rings. The van der Waals surface area contributed by atoms with Crippen molar-refractivity contribution in [1.29, 1.82) is 0 Å². The van der Waals surface area contributed by atoms with Gasteiger partial charge in [0.25, 0.3) is 0 Å². The maximum Gasteiger partial charge on any atom is 0.322 e. The van der Waals surface area contributed by atoms with Crippen molar-refractivity contribution in [3.05, 3.63) is 24.3 Å². The van der Waals surface area contributed by atoms with Gasteiger partial charge in [0.1, 0.15) is 0 Å². The minimum atomic E-state index is -0.0658. The maximum absolute atomic E-state index is 12.8. The second kappa shape index (κ2) is 8.30. The van der Waals surface area contributed by atoms with Crippen LogP contribution in [0.15, 0.2) is 24.3 Å². The molecule has 148 valence electrons. The molecule has 0 bridgehead atoms. The molecule has 3 amide bonds. The van der Waals surface area contributed by atoms with Crippen LogP contribution in [0.25, 0.3) is 0 Å². The number of piperidine rings is 1.